The Morgan fingerprint density at radius 3 is 1.34 bits per heavy atom. The lowest BCUT2D eigenvalue weighted by Gasteiger charge is -2.34. The van der Waals surface area contributed by atoms with Gasteiger partial charge in [-0.15, -0.1) is 0 Å². The third-order valence-corrected chi connectivity index (χ3v) is 7.26. The molecule has 0 aliphatic heterocycles. The fourth-order valence-corrected chi connectivity index (χ4v) is 4.14. The average molecular weight is 395 g/mol. The van der Waals surface area contributed by atoms with Crippen LogP contribution in [0.2, 0.25) is 0 Å². The van der Waals surface area contributed by atoms with Crippen LogP contribution in [0.5, 0.6) is 0 Å². The molecule has 1 nitrogen and oxygen atoms in total. The summed E-state index contributed by atoms with van der Waals surface area (Å²) in [5.74, 6) is 0. The molecule has 0 heterocycles. The highest BCUT2D eigenvalue weighted by Gasteiger charge is 2.29. The molecule has 0 bridgehead atoms. The van der Waals surface area contributed by atoms with Gasteiger partial charge in [0.05, 0.1) is 13.2 Å². The molecule has 0 N–H and O–H groups in total. The summed E-state index contributed by atoms with van der Waals surface area (Å²) in [5, 5.41) is 0. The molecule has 0 radical (unpaired) electrons. The van der Waals surface area contributed by atoms with Crippen LogP contribution in [0.3, 0.4) is 0 Å². The number of rotatable bonds is 10. The second-order valence-electron chi connectivity index (χ2n) is 9.31. The third kappa shape index (κ3) is 5.31. The van der Waals surface area contributed by atoms with E-state index in [2.05, 4.69) is 91.8 Å². The number of aryl methyl sites for hydroxylation is 4. The summed E-state index contributed by atoms with van der Waals surface area (Å²) in [4.78, 5) is 0. The first-order valence-corrected chi connectivity index (χ1v) is 11.5. The molecule has 0 aromatic heterocycles. The normalized spacial score (nSPS) is 15.7. The van der Waals surface area contributed by atoms with Crippen molar-refractivity contribution < 1.29 is 4.74 Å². The fraction of sp³-hybridized carbons (Fsp3) is 0.571. The van der Waals surface area contributed by atoms with E-state index < -0.39 is 0 Å². The van der Waals surface area contributed by atoms with Crippen LogP contribution in [0.1, 0.15) is 87.8 Å². The first kappa shape index (κ1) is 23.7. The minimum absolute atomic E-state index is 0.0497. The molecule has 2 aromatic carbocycles. The number of ether oxygens (including phenoxy) is 1. The Morgan fingerprint density at radius 2 is 1.03 bits per heavy atom. The van der Waals surface area contributed by atoms with E-state index in [4.69, 9.17) is 4.74 Å². The van der Waals surface area contributed by atoms with Gasteiger partial charge in [0, 0.05) is 10.8 Å². The zero-order valence-corrected chi connectivity index (χ0v) is 20.1. The highest BCUT2D eigenvalue weighted by molar-refractivity contribution is 5.36. The molecule has 0 saturated heterocycles. The molecule has 29 heavy (non-hydrogen) atoms. The Balaban J connectivity index is 2.17. The Labute approximate surface area is 179 Å². The maximum Gasteiger partial charge on any atom is 0.0560 e. The zero-order chi connectivity index (χ0) is 21.7. The molecule has 0 spiro atoms. The van der Waals surface area contributed by atoms with Crippen LogP contribution in [-0.2, 0) is 28.4 Å². The second kappa shape index (κ2) is 9.94. The van der Waals surface area contributed by atoms with E-state index in [9.17, 15) is 0 Å². The SMILES string of the molecule is CCc1cc(C(C)(CC)COCC(C)(CC)c2ccc(C)c(CC)c2)ccc1C. The standard InChI is InChI=1S/C28H42O/c1-9-23-17-25(15-13-21(23)5)27(7,11-3)19-29-20-28(8,12-4)26-16-14-22(6)24(10-2)18-26/h13-18H,9-12,19-20H2,1-8H3. The van der Waals surface area contributed by atoms with Crippen molar-refractivity contribution in [2.45, 2.75) is 91.9 Å². The van der Waals surface area contributed by atoms with Crippen LogP contribution in [0.25, 0.3) is 0 Å². The molecule has 2 rings (SSSR count). The zero-order valence-electron chi connectivity index (χ0n) is 20.1. The lowest BCUT2D eigenvalue weighted by atomic mass is 9.78. The quantitative estimate of drug-likeness (QED) is 0.406. The summed E-state index contributed by atoms with van der Waals surface area (Å²) in [5.41, 5.74) is 8.59. The van der Waals surface area contributed by atoms with E-state index in [0.717, 1.165) is 38.9 Å². The van der Waals surface area contributed by atoms with Crippen molar-refractivity contribution in [3.8, 4) is 0 Å². The summed E-state index contributed by atoms with van der Waals surface area (Å²) in [6, 6.07) is 13.9. The van der Waals surface area contributed by atoms with Gasteiger partial charge in [0.1, 0.15) is 0 Å². The largest absolute Gasteiger partial charge is 0.380 e. The monoisotopic (exact) mass is 394 g/mol. The van der Waals surface area contributed by atoms with Crippen molar-refractivity contribution in [1.82, 2.24) is 0 Å². The van der Waals surface area contributed by atoms with Crippen LogP contribution in [0.4, 0.5) is 0 Å². The molecule has 2 atom stereocenters. The molecular formula is C28H42O. The first-order chi connectivity index (χ1) is 13.7. The fourth-order valence-electron chi connectivity index (χ4n) is 4.14. The molecule has 0 fully saturated rings. The average Bonchev–Trinajstić information content (AvgIpc) is 2.73. The summed E-state index contributed by atoms with van der Waals surface area (Å²) in [6.07, 6.45) is 4.32. The topological polar surface area (TPSA) is 9.23 Å². The lowest BCUT2D eigenvalue weighted by Crippen LogP contribution is -2.33. The number of hydrogen-bond acceptors (Lipinski definition) is 1. The van der Waals surface area contributed by atoms with Gasteiger partial charge in [-0.1, -0.05) is 77.9 Å². The van der Waals surface area contributed by atoms with E-state index in [1.165, 1.54) is 33.4 Å². The molecule has 0 amide bonds. The van der Waals surface area contributed by atoms with Crippen LogP contribution in [0.15, 0.2) is 36.4 Å². The van der Waals surface area contributed by atoms with Crippen LogP contribution < -0.4 is 0 Å². The highest BCUT2D eigenvalue weighted by Crippen LogP contribution is 2.33. The van der Waals surface area contributed by atoms with Gasteiger partial charge in [-0.25, -0.2) is 0 Å². The van der Waals surface area contributed by atoms with E-state index in [0.29, 0.717) is 0 Å². The maximum atomic E-state index is 6.46. The first-order valence-electron chi connectivity index (χ1n) is 11.5. The summed E-state index contributed by atoms with van der Waals surface area (Å²) in [7, 11) is 0. The van der Waals surface area contributed by atoms with Crippen molar-refractivity contribution in [3.63, 3.8) is 0 Å². The molecule has 0 aliphatic carbocycles. The van der Waals surface area contributed by atoms with Crippen molar-refractivity contribution in [2.24, 2.45) is 0 Å². The number of benzene rings is 2. The van der Waals surface area contributed by atoms with Crippen molar-refractivity contribution in [1.29, 1.82) is 0 Å². The van der Waals surface area contributed by atoms with E-state index >= 15 is 0 Å². The van der Waals surface area contributed by atoms with Gasteiger partial charge in [0.25, 0.3) is 0 Å². The van der Waals surface area contributed by atoms with Crippen molar-refractivity contribution in [3.05, 3.63) is 69.8 Å². The molecular weight excluding hydrogens is 352 g/mol. The van der Waals surface area contributed by atoms with Gasteiger partial charge in [0.15, 0.2) is 0 Å². The Bertz CT molecular complexity index is 738. The maximum absolute atomic E-state index is 6.46. The van der Waals surface area contributed by atoms with Crippen LogP contribution in [-0.4, -0.2) is 13.2 Å². The van der Waals surface area contributed by atoms with Crippen LogP contribution in [0, 0.1) is 13.8 Å². The summed E-state index contributed by atoms with van der Waals surface area (Å²) in [6.45, 7) is 19.7. The Hall–Kier alpha value is -1.60. The van der Waals surface area contributed by atoms with E-state index in [1.807, 2.05) is 0 Å². The van der Waals surface area contributed by atoms with Crippen LogP contribution >= 0.6 is 0 Å². The van der Waals surface area contributed by atoms with Crippen molar-refractivity contribution >= 4 is 0 Å². The molecule has 1 heteroatoms. The lowest BCUT2D eigenvalue weighted by molar-refractivity contribution is 0.0510. The van der Waals surface area contributed by atoms with Crippen molar-refractivity contribution in [2.75, 3.05) is 13.2 Å². The van der Waals surface area contributed by atoms with Gasteiger partial charge in [-0.05, 0) is 72.9 Å². The summed E-state index contributed by atoms with van der Waals surface area (Å²) < 4.78 is 6.46. The third-order valence-electron chi connectivity index (χ3n) is 7.26. The van der Waals surface area contributed by atoms with Gasteiger partial charge < -0.3 is 4.74 Å². The number of hydrogen-bond donors (Lipinski definition) is 0. The van der Waals surface area contributed by atoms with Gasteiger partial charge in [0.2, 0.25) is 0 Å². The predicted octanol–water partition coefficient (Wildman–Crippen LogP) is 7.48. The van der Waals surface area contributed by atoms with E-state index in [1.54, 1.807) is 0 Å². The van der Waals surface area contributed by atoms with Gasteiger partial charge in [-0.3, -0.25) is 0 Å². The van der Waals surface area contributed by atoms with Gasteiger partial charge >= 0.3 is 0 Å². The predicted molar refractivity (Wildman–Crippen MR) is 127 cm³/mol. The Kier molecular flexibility index (Phi) is 8.11. The Morgan fingerprint density at radius 1 is 0.655 bits per heavy atom. The minimum Gasteiger partial charge on any atom is -0.380 e. The van der Waals surface area contributed by atoms with E-state index in [-0.39, 0.29) is 10.8 Å². The smallest absolute Gasteiger partial charge is 0.0560 e. The molecule has 0 saturated carbocycles. The molecule has 2 aromatic rings. The highest BCUT2D eigenvalue weighted by atomic mass is 16.5. The summed E-state index contributed by atoms with van der Waals surface area (Å²) >= 11 is 0. The molecule has 0 aliphatic rings. The minimum atomic E-state index is 0.0497. The molecule has 160 valence electrons. The second-order valence-corrected chi connectivity index (χ2v) is 9.31. The van der Waals surface area contributed by atoms with Gasteiger partial charge in [-0.2, -0.15) is 0 Å². The molecule has 2 unspecified atom stereocenters.